The minimum absolute atomic E-state index is 0.584. The van der Waals surface area contributed by atoms with E-state index in [1.165, 1.54) is 25.7 Å². The normalized spacial score (nSPS) is 21.8. The Labute approximate surface area is 121 Å². The summed E-state index contributed by atoms with van der Waals surface area (Å²) < 4.78 is 5.36. The van der Waals surface area contributed by atoms with E-state index in [0.29, 0.717) is 12.0 Å². The second kappa shape index (κ2) is 6.22. The first-order chi connectivity index (χ1) is 9.70. The Balaban J connectivity index is 1.41. The third-order valence-electron chi connectivity index (χ3n) is 4.31. The van der Waals surface area contributed by atoms with Crippen molar-refractivity contribution in [2.45, 2.75) is 58.0 Å². The molecule has 0 radical (unpaired) electrons. The van der Waals surface area contributed by atoms with E-state index in [0.717, 1.165) is 43.8 Å². The van der Waals surface area contributed by atoms with Gasteiger partial charge in [-0.25, -0.2) is 0 Å². The largest absolute Gasteiger partial charge is 0.338 e. The van der Waals surface area contributed by atoms with E-state index in [1.54, 1.807) is 0 Å². The number of hydrogen-bond donors (Lipinski definition) is 1. The molecule has 2 aliphatic rings. The predicted octanol–water partition coefficient (Wildman–Crippen LogP) is 2.16. The van der Waals surface area contributed by atoms with Crippen molar-refractivity contribution in [2.75, 3.05) is 19.6 Å². The molecule has 3 rings (SSSR count). The molecule has 1 aromatic rings. The second-order valence-electron chi connectivity index (χ2n) is 6.60. The van der Waals surface area contributed by atoms with E-state index in [2.05, 4.69) is 34.2 Å². The van der Waals surface area contributed by atoms with Gasteiger partial charge in [0.15, 0.2) is 5.82 Å². The molecule has 112 valence electrons. The highest BCUT2D eigenvalue weighted by Gasteiger charge is 2.29. The first kappa shape index (κ1) is 14.0. The first-order valence-corrected chi connectivity index (χ1v) is 7.99. The summed E-state index contributed by atoms with van der Waals surface area (Å²) in [4.78, 5) is 6.95. The molecule has 1 aromatic heterocycles. The molecule has 0 amide bonds. The molecule has 5 nitrogen and oxygen atoms in total. The number of piperidine rings is 1. The van der Waals surface area contributed by atoms with Gasteiger partial charge in [0.05, 0.1) is 6.54 Å². The van der Waals surface area contributed by atoms with Crippen LogP contribution in [0.2, 0.25) is 0 Å². The van der Waals surface area contributed by atoms with Gasteiger partial charge in [-0.15, -0.1) is 0 Å². The zero-order chi connectivity index (χ0) is 13.9. The van der Waals surface area contributed by atoms with E-state index in [-0.39, 0.29) is 0 Å². The predicted molar refractivity (Wildman–Crippen MR) is 77.4 cm³/mol. The lowest BCUT2D eigenvalue weighted by Crippen LogP contribution is -2.38. The molecule has 20 heavy (non-hydrogen) atoms. The summed E-state index contributed by atoms with van der Waals surface area (Å²) in [5, 5.41) is 7.63. The lowest BCUT2D eigenvalue weighted by molar-refractivity contribution is 0.156. The summed E-state index contributed by atoms with van der Waals surface area (Å²) in [5.41, 5.74) is 0. The second-order valence-corrected chi connectivity index (χ2v) is 6.60. The van der Waals surface area contributed by atoms with Gasteiger partial charge >= 0.3 is 0 Å². The number of nitrogens with one attached hydrogen (secondary N) is 1. The zero-order valence-electron chi connectivity index (χ0n) is 12.6. The SMILES string of the molecule is CC(C)NCC1CCN(Cc2nc(C3CC3)no2)CC1. The molecule has 0 bridgehead atoms. The fourth-order valence-corrected chi connectivity index (χ4v) is 2.78. The number of hydrogen-bond acceptors (Lipinski definition) is 5. The molecule has 2 fully saturated rings. The van der Waals surface area contributed by atoms with Crippen molar-refractivity contribution in [3.63, 3.8) is 0 Å². The number of rotatable bonds is 6. The highest BCUT2D eigenvalue weighted by molar-refractivity contribution is 5.03. The van der Waals surface area contributed by atoms with Crippen LogP contribution >= 0.6 is 0 Å². The molecule has 1 saturated heterocycles. The summed E-state index contributed by atoms with van der Waals surface area (Å²) in [6.45, 7) is 8.68. The molecule has 0 spiro atoms. The Morgan fingerprint density at radius 3 is 2.65 bits per heavy atom. The van der Waals surface area contributed by atoms with Crippen molar-refractivity contribution < 1.29 is 4.52 Å². The molecule has 0 unspecified atom stereocenters. The van der Waals surface area contributed by atoms with E-state index in [9.17, 15) is 0 Å². The van der Waals surface area contributed by atoms with Gasteiger partial charge in [0, 0.05) is 12.0 Å². The molecule has 1 aliphatic carbocycles. The Morgan fingerprint density at radius 2 is 2.00 bits per heavy atom. The maximum absolute atomic E-state index is 5.36. The number of nitrogens with zero attached hydrogens (tertiary/aromatic N) is 3. The molecule has 1 aliphatic heterocycles. The van der Waals surface area contributed by atoms with Crippen molar-refractivity contribution in [1.82, 2.24) is 20.4 Å². The Morgan fingerprint density at radius 1 is 1.25 bits per heavy atom. The van der Waals surface area contributed by atoms with Crippen LogP contribution in [0.25, 0.3) is 0 Å². The Kier molecular flexibility index (Phi) is 4.36. The standard InChI is InChI=1S/C15H26N4O/c1-11(2)16-9-12-5-7-19(8-6-12)10-14-17-15(18-20-14)13-3-4-13/h11-13,16H,3-10H2,1-2H3. The van der Waals surface area contributed by atoms with Crippen molar-refractivity contribution in [1.29, 1.82) is 0 Å². The van der Waals surface area contributed by atoms with Gasteiger partial charge in [-0.2, -0.15) is 4.98 Å². The Hall–Kier alpha value is -0.940. The fourth-order valence-electron chi connectivity index (χ4n) is 2.78. The van der Waals surface area contributed by atoms with Crippen molar-refractivity contribution in [3.8, 4) is 0 Å². The number of likely N-dealkylation sites (tertiary alicyclic amines) is 1. The maximum atomic E-state index is 5.36. The van der Waals surface area contributed by atoms with Gasteiger partial charge < -0.3 is 9.84 Å². The Bertz CT molecular complexity index is 419. The van der Waals surface area contributed by atoms with E-state index < -0.39 is 0 Å². The molecule has 2 heterocycles. The molecule has 0 atom stereocenters. The molecule has 1 N–H and O–H groups in total. The molecule has 1 saturated carbocycles. The summed E-state index contributed by atoms with van der Waals surface area (Å²) in [7, 11) is 0. The van der Waals surface area contributed by atoms with Crippen LogP contribution in [0.3, 0.4) is 0 Å². The van der Waals surface area contributed by atoms with Crippen LogP contribution < -0.4 is 5.32 Å². The fraction of sp³-hybridized carbons (Fsp3) is 0.867. The summed E-state index contributed by atoms with van der Waals surface area (Å²) in [6.07, 6.45) is 4.99. The van der Waals surface area contributed by atoms with Gasteiger partial charge in [-0.3, -0.25) is 4.90 Å². The van der Waals surface area contributed by atoms with Gasteiger partial charge in [0.2, 0.25) is 5.89 Å². The van der Waals surface area contributed by atoms with Gasteiger partial charge in [-0.1, -0.05) is 19.0 Å². The van der Waals surface area contributed by atoms with Crippen LogP contribution in [-0.2, 0) is 6.54 Å². The highest BCUT2D eigenvalue weighted by Crippen LogP contribution is 2.38. The monoisotopic (exact) mass is 278 g/mol. The summed E-state index contributed by atoms with van der Waals surface area (Å²) in [6, 6.07) is 0.590. The maximum Gasteiger partial charge on any atom is 0.240 e. The third kappa shape index (κ3) is 3.79. The quantitative estimate of drug-likeness (QED) is 0.864. The van der Waals surface area contributed by atoms with Crippen LogP contribution in [0.4, 0.5) is 0 Å². The average molecular weight is 278 g/mol. The molecular weight excluding hydrogens is 252 g/mol. The van der Waals surface area contributed by atoms with Crippen molar-refractivity contribution in [2.24, 2.45) is 5.92 Å². The molecule has 5 heteroatoms. The van der Waals surface area contributed by atoms with E-state index in [4.69, 9.17) is 4.52 Å². The summed E-state index contributed by atoms with van der Waals surface area (Å²) in [5.74, 6) is 3.13. The number of aromatic nitrogens is 2. The minimum Gasteiger partial charge on any atom is -0.338 e. The van der Waals surface area contributed by atoms with E-state index in [1.807, 2.05) is 0 Å². The van der Waals surface area contributed by atoms with Crippen LogP contribution in [0.1, 0.15) is 57.2 Å². The zero-order valence-corrected chi connectivity index (χ0v) is 12.6. The van der Waals surface area contributed by atoms with Crippen molar-refractivity contribution in [3.05, 3.63) is 11.7 Å². The summed E-state index contributed by atoms with van der Waals surface area (Å²) >= 11 is 0. The van der Waals surface area contributed by atoms with Crippen LogP contribution in [-0.4, -0.2) is 40.7 Å². The van der Waals surface area contributed by atoms with E-state index >= 15 is 0 Å². The van der Waals surface area contributed by atoms with Crippen LogP contribution in [0, 0.1) is 5.92 Å². The lowest BCUT2D eigenvalue weighted by Gasteiger charge is -2.31. The van der Waals surface area contributed by atoms with Crippen LogP contribution in [0.15, 0.2) is 4.52 Å². The van der Waals surface area contributed by atoms with Gasteiger partial charge in [0.1, 0.15) is 0 Å². The lowest BCUT2D eigenvalue weighted by atomic mass is 9.96. The highest BCUT2D eigenvalue weighted by atomic mass is 16.5. The van der Waals surface area contributed by atoms with Gasteiger partial charge in [-0.05, 0) is 51.2 Å². The third-order valence-corrected chi connectivity index (χ3v) is 4.31. The smallest absolute Gasteiger partial charge is 0.240 e. The first-order valence-electron chi connectivity index (χ1n) is 7.99. The van der Waals surface area contributed by atoms with Crippen molar-refractivity contribution >= 4 is 0 Å². The van der Waals surface area contributed by atoms with Crippen LogP contribution in [0.5, 0.6) is 0 Å². The molecule has 0 aromatic carbocycles. The molecular formula is C15H26N4O. The average Bonchev–Trinajstić information content (AvgIpc) is 3.19. The van der Waals surface area contributed by atoms with Gasteiger partial charge in [0.25, 0.3) is 0 Å². The topological polar surface area (TPSA) is 54.2 Å². The minimum atomic E-state index is 0.584.